The van der Waals surface area contributed by atoms with Crippen LogP contribution in [0.2, 0.25) is 0 Å². The summed E-state index contributed by atoms with van der Waals surface area (Å²) >= 11 is 0. The van der Waals surface area contributed by atoms with E-state index >= 15 is 0 Å². The van der Waals surface area contributed by atoms with Crippen molar-refractivity contribution < 1.29 is 24.1 Å². The van der Waals surface area contributed by atoms with Crippen molar-refractivity contribution in [2.45, 2.75) is 25.6 Å². The highest BCUT2D eigenvalue weighted by Crippen LogP contribution is 2.23. The van der Waals surface area contributed by atoms with Crippen LogP contribution >= 0.6 is 0 Å². The highest BCUT2D eigenvalue weighted by atomic mass is 16.6. The van der Waals surface area contributed by atoms with Crippen molar-refractivity contribution in [1.29, 1.82) is 0 Å². The van der Waals surface area contributed by atoms with Gasteiger partial charge in [0.25, 0.3) is 0 Å². The van der Waals surface area contributed by atoms with Crippen LogP contribution in [0, 0.1) is 6.92 Å². The Hall–Kier alpha value is -3.80. The molecule has 0 spiro atoms. The number of hydrogen-bond donors (Lipinski definition) is 1. The SMILES string of the molecule is Cc1ccc(-c2ccc(OCC(O)COc3ccc(Cc4ccc(OCC5CO5)cc4)cc3)cc2)cc1. The van der Waals surface area contributed by atoms with Crippen LogP contribution in [-0.2, 0) is 11.2 Å². The molecule has 1 saturated heterocycles. The summed E-state index contributed by atoms with van der Waals surface area (Å²) in [6.45, 7) is 3.82. The van der Waals surface area contributed by atoms with E-state index in [2.05, 4.69) is 43.3 Å². The van der Waals surface area contributed by atoms with Gasteiger partial charge in [0, 0.05) is 0 Å². The van der Waals surface area contributed by atoms with Crippen molar-refractivity contribution in [3.05, 3.63) is 114 Å². The van der Waals surface area contributed by atoms with Gasteiger partial charge in [-0.1, -0.05) is 66.2 Å². The summed E-state index contributed by atoms with van der Waals surface area (Å²) in [4.78, 5) is 0. The Morgan fingerprint density at radius 3 is 1.59 bits per heavy atom. The fraction of sp³-hybridized carbons (Fsp3) is 0.250. The number of aliphatic hydroxyl groups is 1. The minimum Gasteiger partial charge on any atom is -0.491 e. The third kappa shape index (κ3) is 7.59. The first kappa shape index (κ1) is 24.9. The Balaban J connectivity index is 1.03. The molecule has 1 N–H and O–H groups in total. The normalized spacial score (nSPS) is 15.1. The number of epoxide rings is 1. The van der Waals surface area contributed by atoms with Gasteiger partial charge < -0.3 is 24.1 Å². The van der Waals surface area contributed by atoms with Gasteiger partial charge in [0.15, 0.2) is 0 Å². The second kappa shape index (κ2) is 12.0. The van der Waals surface area contributed by atoms with Crippen molar-refractivity contribution in [2.75, 3.05) is 26.4 Å². The summed E-state index contributed by atoms with van der Waals surface area (Å²) in [7, 11) is 0. The van der Waals surface area contributed by atoms with E-state index in [0.29, 0.717) is 6.61 Å². The summed E-state index contributed by atoms with van der Waals surface area (Å²) in [5.74, 6) is 2.30. The highest BCUT2D eigenvalue weighted by molar-refractivity contribution is 5.64. The molecule has 0 aromatic heterocycles. The molecular formula is C32H32O5. The van der Waals surface area contributed by atoms with Crippen LogP contribution in [0.25, 0.3) is 11.1 Å². The minimum atomic E-state index is -0.733. The van der Waals surface area contributed by atoms with Gasteiger partial charge in [0.05, 0.1) is 6.61 Å². The predicted molar refractivity (Wildman–Crippen MR) is 145 cm³/mol. The maximum Gasteiger partial charge on any atom is 0.122 e. The molecule has 5 heteroatoms. The van der Waals surface area contributed by atoms with Gasteiger partial charge in [0.1, 0.15) is 49.3 Å². The number of ether oxygens (including phenoxy) is 4. The average Bonchev–Trinajstić information content (AvgIpc) is 3.77. The monoisotopic (exact) mass is 496 g/mol. The molecule has 0 aliphatic carbocycles. The highest BCUT2D eigenvalue weighted by Gasteiger charge is 2.22. The molecule has 190 valence electrons. The van der Waals surface area contributed by atoms with Crippen molar-refractivity contribution in [1.82, 2.24) is 0 Å². The van der Waals surface area contributed by atoms with Crippen LogP contribution in [0.4, 0.5) is 0 Å². The van der Waals surface area contributed by atoms with E-state index in [-0.39, 0.29) is 19.3 Å². The van der Waals surface area contributed by atoms with Gasteiger partial charge in [-0.05, 0) is 72.0 Å². The predicted octanol–water partition coefficient (Wildman–Crippen LogP) is 5.85. The van der Waals surface area contributed by atoms with E-state index in [1.54, 1.807) is 0 Å². The van der Waals surface area contributed by atoms with Gasteiger partial charge >= 0.3 is 0 Å². The molecule has 4 aromatic rings. The maximum absolute atomic E-state index is 10.3. The van der Waals surface area contributed by atoms with E-state index in [9.17, 15) is 5.11 Å². The molecule has 0 saturated carbocycles. The molecule has 37 heavy (non-hydrogen) atoms. The Bertz CT molecular complexity index is 1240. The fourth-order valence-electron chi connectivity index (χ4n) is 3.92. The molecule has 1 heterocycles. The maximum atomic E-state index is 10.3. The van der Waals surface area contributed by atoms with E-state index in [0.717, 1.165) is 35.8 Å². The number of benzene rings is 4. The lowest BCUT2D eigenvalue weighted by Gasteiger charge is -2.14. The summed E-state index contributed by atoms with van der Waals surface area (Å²) in [6, 6.07) is 32.4. The number of aliphatic hydroxyl groups excluding tert-OH is 1. The second-order valence-electron chi connectivity index (χ2n) is 9.40. The van der Waals surface area contributed by atoms with Crippen LogP contribution in [-0.4, -0.2) is 43.7 Å². The van der Waals surface area contributed by atoms with Crippen LogP contribution in [0.1, 0.15) is 16.7 Å². The molecule has 5 nitrogen and oxygen atoms in total. The zero-order valence-corrected chi connectivity index (χ0v) is 21.0. The van der Waals surface area contributed by atoms with Crippen molar-refractivity contribution >= 4 is 0 Å². The molecule has 0 amide bonds. The summed E-state index contributed by atoms with van der Waals surface area (Å²) in [5, 5.41) is 10.3. The zero-order chi connectivity index (χ0) is 25.5. The average molecular weight is 497 g/mol. The Morgan fingerprint density at radius 1 is 0.676 bits per heavy atom. The zero-order valence-electron chi connectivity index (χ0n) is 21.0. The summed E-state index contributed by atoms with van der Waals surface area (Å²) in [5.41, 5.74) is 5.93. The molecule has 0 radical (unpaired) electrons. The molecule has 5 rings (SSSR count). The Kier molecular flexibility index (Phi) is 8.04. The van der Waals surface area contributed by atoms with Crippen LogP contribution in [0.3, 0.4) is 0 Å². The van der Waals surface area contributed by atoms with Crippen molar-refractivity contribution in [3.63, 3.8) is 0 Å². The molecule has 2 unspecified atom stereocenters. The van der Waals surface area contributed by atoms with Gasteiger partial charge in [-0.2, -0.15) is 0 Å². The third-order valence-electron chi connectivity index (χ3n) is 6.22. The topological polar surface area (TPSA) is 60.5 Å². The van der Waals surface area contributed by atoms with Gasteiger partial charge in [0.2, 0.25) is 0 Å². The molecule has 1 aliphatic rings. The first-order valence-electron chi connectivity index (χ1n) is 12.6. The van der Waals surface area contributed by atoms with E-state index < -0.39 is 6.10 Å². The molecule has 4 aromatic carbocycles. The van der Waals surface area contributed by atoms with Crippen molar-refractivity contribution in [3.8, 4) is 28.4 Å². The quantitative estimate of drug-likeness (QED) is 0.249. The molecular weight excluding hydrogens is 464 g/mol. The number of aryl methyl sites for hydroxylation is 1. The standard InChI is InChI=1S/C32H32O5/c1-23-2-8-26(9-3-23)27-10-16-31(17-11-27)35-20-28(33)19-34-29-12-4-24(5-13-29)18-25-6-14-30(15-7-25)36-21-32-22-37-32/h2-17,28,32-33H,18-22H2,1H3. The molecule has 1 fully saturated rings. The van der Waals surface area contributed by atoms with Crippen LogP contribution in [0.5, 0.6) is 17.2 Å². The largest absolute Gasteiger partial charge is 0.491 e. The summed E-state index contributed by atoms with van der Waals surface area (Å²) < 4.78 is 22.4. The number of rotatable bonds is 12. The lowest BCUT2D eigenvalue weighted by Crippen LogP contribution is -2.25. The first-order chi connectivity index (χ1) is 18.1. The smallest absolute Gasteiger partial charge is 0.122 e. The van der Waals surface area contributed by atoms with Crippen LogP contribution in [0.15, 0.2) is 97.1 Å². The van der Waals surface area contributed by atoms with Gasteiger partial charge in [-0.3, -0.25) is 0 Å². The lowest BCUT2D eigenvalue weighted by molar-refractivity contribution is 0.0626. The Morgan fingerprint density at radius 2 is 1.11 bits per heavy atom. The van der Waals surface area contributed by atoms with Gasteiger partial charge in [-0.25, -0.2) is 0 Å². The van der Waals surface area contributed by atoms with E-state index in [1.807, 2.05) is 60.7 Å². The van der Waals surface area contributed by atoms with E-state index in [1.165, 1.54) is 22.3 Å². The first-order valence-corrected chi connectivity index (χ1v) is 12.6. The molecule has 0 bridgehead atoms. The fourth-order valence-corrected chi connectivity index (χ4v) is 3.92. The van der Waals surface area contributed by atoms with Gasteiger partial charge in [-0.15, -0.1) is 0 Å². The van der Waals surface area contributed by atoms with E-state index in [4.69, 9.17) is 18.9 Å². The Labute approximate surface area is 218 Å². The van der Waals surface area contributed by atoms with Crippen LogP contribution < -0.4 is 14.2 Å². The summed E-state index contributed by atoms with van der Waals surface area (Å²) in [6.07, 6.45) is 0.352. The second-order valence-corrected chi connectivity index (χ2v) is 9.40. The molecule has 1 aliphatic heterocycles. The lowest BCUT2D eigenvalue weighted by atomic mass is 10.0. The number of hydrogen-bond acceptors (Lipinski definition) is 5. The van der Waals surface area contributed by atoms with Crippen molar-refractivity contribution in [2.24, 2.45) is 0 Å². The minimum absolute atomic E-state index is 0.161. The third-order valence-corrected chi connectivity index (χ3v) is 6.22. The molecule has 2 atom stereocenters.